The maximum absolute atomic E-state index is 12.1. The molecule has 0 unspecified atom stereocenters. The van der Waals surface area contributed by atoms with Gasteiger partial charge in [0.1, 0.15) is 5.75 Å². The van der Waals surface area contributed by atoms with E-state index in [-0.39, 0.29) is 18.9 Å². The summed E-state index contributed by atoms with van der Waals surface area (Å²) in [4.78, 5) is 24.0. The molecule has 1 aromatic heterocycles. The number of fused-ring (bicyclic) bond motifs is 1. The molecular weight excluding hydrogens is 344 g/mol. The van der Waals surface area contributed by atoms with Crippen LogP contribution >= 0.6 is 0 Å². The van der Waals surface area contributed by atoms with Gasteiger partial charge >= 0.3 is 5.76 Å². The van der Waals surface area contributed by atoms with Crippen LogP contribution in [-0.4, -0.2) is 17.1 Å². The molecule has 3 rings (SSSR count). The summed E-state index contributed by atoms with van der Waals surface area (Å²) < 4.78 is 12.3. The molecule has 1 N–H and O–H groups in total. The summed E-state index contributed by atoms with van der Waals surface area (Å²) in [6.45, 7) is 5.60. The number of oxazole rings is 1. The van der Waals surface area contributed by atoms with Crippen molar-refractivity contribution in [1.29, 1.82) is 0 Å². The second kappa shape index (κ2) is 8.58. The van der Waals surface area contributed by atoms with E-state index in [1.54, 1.807) is 12.1 Å². The van der Waals surface area contributed by atoms with Crippen LogP contribution in [0.25, 0.3) is 11.1 Å². The molecule has 0 aliphatic carbocycles. The molecule has 142 valence electrons. The van der Waals surface area contributed by atoms with Gasteiger partial charge in [0.05, 0.1) is 12.1 Å². The van der Waals surface area contributed by atoms with Crippen molar-refractivity contribution in [2.24, 2.45) is 5.92 Å². The topological polar surface area (TPSA) is 73.5 Å². The first-order valence-electron chi connectivity index (χ1n) is 9.10. The van der Waals surface area contributed by atoms with Gasteiger partial charge in [0.2, 0.25) is 5.91 Å². The number of nitrogens with zero attached hydrogens (tertiary/aromatic N) is 1. The van der Waals surface area contributed by atoms with E-state index < -0.39 is 5.76 Å². The van der Waals surface area contributed by atoms with Gasteiger partial charge in [0.15, 0.2) is 5.58 Å². The Morgan fingerprint density at radius 1 is 1.15 bits per heavy atom. The summed E-state index contributed by atoms with van der Waals surface area (Å²) in [5.74, 6) is 0.738. The largest absolute Gasteiger partial charge is 0.493 e. The quantitative estimate of drug-likeness (QED) is 0.662. The van der Waals surface area contributed by atoms with Crippen molar-refractivity contribution in [1.82, 2.24) is 9.88 Å². The number of carbonyl (C=O) groups is 1. The molecule has 6 nitrogen and oxygen atoms in total. The van der Waals surface area contributed by atoms with Crippen molar-refractivity contribution in [3.63, 3.8) is 0 Å². The molecule has 0 aliphatic heterocycles. The fourth-order valence-corrected chi connectivity index (χ4v) is 2.69. The average Bonchev–Trinajstić information content (AvgIpc) is 2.99. The van der Waals surface area contributed by atoms with Crippen molar-refractivity contribution in [3.05, 3.63) is 64.6 Å². The van der Waals surface area contributed by atoms with E-state index in [2.05, 4.69) is 19.2 Å². The van der Waals surface area contributed by atoms with Crippen LogP contribution < -0.4 is 15.8 Å². The Bertz CT molecular complexity index is 954. The normalized spacial score (nSPS) is 11.1. The number of aromatic nitrogens is 1. The van der Waals surface area contributed by atoms with Gasteiger partial charge in [0, 0.05) is 19.5 Å². The Kier molecular flexibility index (Phi) is 5.96. The molecule has 0 atom stereocenters. The predicted octanol–water partition coefficient (Wildman–Crippen LogP) is 3.34. The highest BCUT2D eigenvalue weighted by molar-refractivity contribution is 5.76. The predicted molar refractivity (Wildman–Crippen MR) is 104 cm³/mol. The standard InChI is InChI=1S/C21H24N2O4/c1-15(2)14-26-17-9-7-16(8-10-17)13-22-20(24)11-12-23-18-5-3-4-6-19(18)27-21(23)25/h3-10,15H,11-14H2,1-2H3,(H,22,24). The van der Waals surface area contributed by atoms with Crippen molar-refractivity contribution >= 4 is 17.0 Å². The highest BCUT2D eigenvalue weighted by Gasteiger charge is 2.10. The number of amides is 1. The lowest BCUT2D eigenvalue weighted by molar-refractivity contribution is -0.121. The number of hydrogen-bond acceptors (Lipinski definition) is 4. The lowest BCUT2D eigenvalue weighted by atomic mass is 10.2. The molecule has 0 spiro atoms. The molecule has 0 bridgehead atoms. The minimum absolute atomic E-state index is 0.118. The third-order valence-corrected chi connectivity index (χ3v) is 4.13. The molecule has 0 saturated heterocycles. The Morgan fingerprint density at radius 3 is 2.63 bits per heavy atom. The molecule has 3 aromatic rings. The molecular formula is C21H24N2O4. The van der Waals surface area contributed by atoms with Gasteiger partial charge in [-0.1, -0.05) is 38.1 Å². The summed E-state index contributed by atoms with van der Waals surface area (Å²) in [7, 11) is 0. The molecule has 27 heavy (non-hydrogen) atoms. The van der Waals surface area contributed by atoms with Gasteiger partial charge < -0.3 is 14.5 Å². The van der Waals surface area contributed by atoms with Gasteiger partial charge in [0.25, 0.3) is 0 Å². The number of ether oxygens (including phenoxy) is 1. The Hall–Kier alpha value is -3.02. The summed E-state index contributed by atoms with van der Waals surface area (Å²) in [5, 5.41) is 2.87. The lowest BCUT2D eigenvalue weighted by Gasteiger charge is -2.10. The first-order chi connectivity index (χ1) is 13.0. The van der Waals surface area contributed by atoms with Crippen LogP contribution in [-0.2, 0) is 17.9 Å². The van der Waals surface area contributed by atoms with E-state index in [1.807, 2.05) is 36.4 Å². The molecule has 0 fully saturated rings. The van der Waals surface area contributed by atoms with Crippen LogP contribution in [0.4, 0.5) is 0 Å². The van der Waals surface area contributed by atoms with Crippen molar-refractivity contribution in [3.8, 4) is 5.75 Å². The number of hydrogen-bond donors (Lipinski definition) is 1. The fourth-order valence-electron chi connectivity index (χ4n) is 2.69. The molecule has 0 radical (unpaired) electrons. The van der Waals surface area contributed by atoms with E-state index in [0.717, 1.165) is 11.3 Å². The lowest BCUT2D eigenvalue weighted by Crippen LogP contribution is -2.25. The van der Waals surface area contributed by atoms with E-state index in [4.69, 9.17) is 9.15 Å². The molecule has 6 heteroatoms. The number of para-hydroxylation sites is 2. The maximum atomic E-state index is 12.1. The summed E-state index contributed by atoms with van der Waals surface area (Å²) in [6, 6.07) is 14.9. The zero-order valence-electron chi connectivity index (χ0n) is 15.6. The minimum Gasteiger partial charge on any atom is -0.493 e. The van der Waals surface area contributed by atoms with Crippen LogP contribution in [0.3, 0.4) is 0 Å². The van der Waals surface area contributed by atoms with Crippen LogP contribution in [0.15, 0.2) is 57.7 Å². The van der Waals surface area contributed by atoms with Crippen LogP contribution in [0.1, 0.15) is 25.8 Å². The maximum Gasteiger partial charge on any atom is 0.419 e. The Balaban J connectivity index is 1.49. The molecule has 1 amide bonds. The number of benzene rings is 2. The van der Waals surface area contributed by atoms with Gasteiger partial charge in [-0.05, 0) is 35.7 Å². The van der Waals surface area contributed by atoms with Crippen LogP contribution in [0, 0.1) is 5.92 Å². The highest BCUT2D eigenvalue weighted by Crippen LogP contribution is 2.14. The third kappa shape index (κ3) is 5.00. The number of nitrogens with one attached hydrogen (secondary N) is 1. The van der Waals surface area contributed by atoms with Gasteiger partial charge in [-0.3, -0.25) is 9.36 Å². The molecule has 0 aliphatic rings. The van der Waals surface area contributed by atoms with Crippen LogP contribution in [0.5, 0.6) is 5.75 Å². The Morgan fingerprint density at radius 2 is 1.89 bits per heavy atom. The fraction of sp³-hybridized carbons (Fsp3) is 0.333. The zero-order chi connectivity index (χ0) is 19.2. The molecule has 2 aromatic carbocycles. The monoisotopic (exact) mass is 368 g/mol. The zero-order valence-corrected chi connectivity index (χ0v) is 15.6. The average molecular weight is 368 g/mol. The second-order valence-corrected chi connectivity index (χ2v) is 6.86. The van der Waals surface area contributed by atoms with Crippen molar-refractivity contribution in [2.75, 3.05) is 6.61 Å². The smallest absolute Gasteiger partial charge is 0.419 e. The Labute approximate surface area is 157 Å². The summed E-state index contributed by atoms with van der Waals surface area (Å²) in [5.41, 5.74) is 2.22. The summed E-state index contributed by atoms with van der Waals surface area (Å²) >= 11 is 0. The van der Waals surface area contributed by atoms with Gasteiger partial charge in [-0.25, -0.2) is 4.79 Å². The number of aryl methyl sites for hydroxylation is 1. The molecule has 0 saturated carbocycles. The van der Waals surface area contributed by atoms with Gasteiger partial charge in [-0.15, -0.1) is 0 Å². The second-order valence-electron chi connectivity index (χ2n) is 6.86. The van der Waals surface area contributed by atoms with E-state index in [9.17, 15) is 9.59 Å². The highest BCUT2D eigenvalue weighted by atomic mass is 16.5. The summed E-state index contributed by atoms with van der Waals surface area (Å²) in [6.07, 6.45) is 0.207. The SMILES string of the molecule is CC(C)COc1ccc(CNC(=O)CCn2c(=O)oc3ccccc32)cc1. The van der Waals surface area contributed by atoms with Crippen molar-refractivity contribution in [2.45, 2.75) is 33.4 Å². The van der Waals surface area contributed by atoms with E-state index in [1.165, 1.54) is 4.57 Å². The first-order valence-corrected chi connectivity index (χ1v) is 9.10. The van der Waals surface area contributed by atoms with E-state index >= 15 is 0 Å². The number of rotatable bonds is 8. The van der Waals surface area contributed by atoms with Crippen LogP contribution in [0.2, 0.25) is 0 Å². The van der Waals surface area contributed by atoms with Gasteiger partial charge in [-0.2, -0.15) is 0 Å². The number of carbonyl (C=O) groups excluding carboxylic acids is 1. The minimum atomic E-state index is -0.444. The van der Waals surface area contributed by atoms with E-state index in [0.29, 0.717) is 30.2 Å². The van der Waals surface area contributed by atoms with Crippen molar-refractivity contribution < 1.29 is 13.9 Å². The third-order valence-electron chi connectivity index (χ3n) is 4.13. The molecule has 1 heterocycles. The first kappa shape index (κ1) is 18.8.